The van der Waals surface area contributed by atoms with E-state index in [-0.39, 0.29) is 4.90 Å². The maximum absolute atomic E-state index is 12.8. The van der Waals surface area contributed by atoms with Crippen LogP contribution < -0.4 is 9.46 Å². The summed E-state index contributed by atoms with van der Waals surface area (Å²) < 4.78 is 33.6. The summed E-state index contributed by atoms with van der Waals surface area (Å²) in [5.41, 5.74) is 2.61. The van der Waals surface area contributed by atoms with E-state index in [1.165, 1.54) is 0 Å². The molecule has 0 radical (unpaired) electrons. The minimum absolute atomic E-state index is 0.203. The summed E-state index contributed by atoms with van der Waals surface area (Å²) in [7, 11) is -2.13. The van der Waals surface area contributed by atoms with Gasteiger partial charge >= 0.3 is 0 Å². The van der Waals surface area contributed by atoms with Crippen LogP contribution in [0.15, 0.2) is 59.6 Å². The number of rotatable bonds is 7. The fourth-order valence-electron chi connectivity index (χ4n) is 2.88. The molecule has 1 aromatic heterocycles. The SMILES string of the molecule is CCC(NS(=O)(=O)c1ccc(OC)c(C)c1)c1ncc(-c2ccccc2)[nH]1. The molecule has 3 aromatic rings. The number of sulfonamides is 1. The molecule has 0 saturated heterocycles. The van der Waals surface area contributed by atoms with Gasteiger partial charge in [0.25, 0.3) is 0 Å². The lowest BCUT2D eigenvalue weighted by Gasteiger charge is -2.16. The van der Waals surface area contributed by atoms with E-state index in [9.17, 15) is 8.42 Å². The number of ether oxygens (including phenoxy) is 1. The zero-order valence-corrected chi connectivity index (χ0v) is 16.4. The minimum atomic E-state index is -3.69. The van der Waals surface area contributed by atoms with Crippen LogP contribution >= 0.6 is 0 Å². The topological polar surface area (TPSA) is 84.1 Å². The van der Waals surface area contributed by atoms with Gasteiger partial charge in [0, 0.05) is 0 Å². The maximum Gasteiger partial charge on any atom is 0.241 e. The predicted octanol–water partition coefficient (Wildman–Crippen LogP) is 3.82. The molecule has 1 heterocycles. The second-order valence-corrected chi connectivity index (χ2v) is 7.98. The van der Waals surface area contributed by atoms with Crippen molar-refractivity contribution in [2.45, 2.75) is 31.2 Å². The molecule has 0 saturated carbocycles. The molecule has 0 fully saturated rings. The zero-order chi connectivity index (χ0) is 19.4. The van der Waals surface area contributed by atoms with Crippen molar-refractivity contribution in [3.05, 3.63) is 66.1 Å². The molecule has 3 rings (SSSR count). The number of methoxy groups -OCH3 is 1. The number of imidazole rings is 1. The fraction of sp³-hybridized carbons (Fsp3) is 0.250. The summed E-state index contributed by atoms with van der Waals surface area (Å²) in [4.78, 5) is 7.81. The third-order valence-corrected chi connectivity index (χ3v) is 5.86. The predicted molar refractivity (Wildman–Crippen MR) is 105 cm³/mol. The number of aromatic amines is 1. The first kappa shape index (κ1) is 19.1. The summed E-state index contributed by atoms with van der Waals surface area (Å²) in [6, 6.07) is 14.1. The van der Waals surface area contributed by atoms with Gasteiger partial charge in [0.05, 0.1) is 29.9 Å². The molecule has 7 heteroatoms. The average molecular weight is 385 g/mol. The lowest BCUT2D eigenvalue weighted by molar-refractivity contribution is 0.411. The minimum Gasteiger partial charge on any atom is -0.496 e. The molecule has 6 nitrogen and oxygen atoms in total. The molecule has 1 unspecified atom stereocenters. The molecular weight excluding hydrogens is 362 g/mol. The van der Waals surface area contributed by atoms with Gasteiger partial charge in [-0.1, -0.05) is 37.3 Å². The monoisotopic (exact) mass is 385 g/mol. The Bertz CT molecular complexity index is 1010. The van der Waals surface area contributed by atoms with E-state index in [0.717, 1.165) is 16.8 Å². The third-order valence-electron chi connectivity index (χ3n) is 4.39. The summed E-state index contributed by atoms with van der Waals surface area (Å²) in [6.45, 7) is 3.73. The normalized spacial score (nSPS) is 12.7. The first-order valence-corrected chi connectivity index (χ1v) is 10.2. The molecule has 1 atom stereocenters. The van der Waals surface area contributed by atoms with Gasteiger partial charge in [0.2, 0.25) is 10.0 Å². The molecule has 27 heavy (non-hydrogen) atoms. The smallest absolute Gasteiger partial charge is 0.241 e. The van der Waals surface area contributed by atoms with Crippen LogP contribution in [0.1, 0.15) is 30.8 Å². The van der Waals surface area contributed by atoms with Crippen molar-refractivity contribution in [3.8, 4) is 17.0 Å². The van der Waals surface area contributed by atoms with Crippen molar-refractivity contribution < 1.29 is 13.2 Å². The largest absolute Gasteiger partial charge is 0.496 e. The van der Waals surface area contributed by atoms with Crippen LogP contribution in [0.3, 0.4) is 0 Å². The highest BCUT2D eigenvalue weighted by Crippen LogP contribution is 2.25. The molecule has 2 N–H and O–H groups in total. The van der Waals surface area contributed by atoms with Gasteiger partial charge in [-0.25, -0.2) is 18.1 Å². The van der Waals surface area contributed by atoms with Gasteiger partial charge in [0.1, 0.15) is 11.6 Å². The Morgan fingerprint density at radius 1 is 1.19 bits per heavy atom. The Labute approximate surface area is 159 Å². The van der Waals surface area contributed by atoms with Crippen LogP contribution in [0.4, 0.5) is 0 Å². The van der Waals surface area contributed by atoms with Gasteiger partial charge in [-0.3, -0.25) is 0 Å². The Morgan fingerprint density at radius 3 is 2.56 bits per heavy atom. The Balaban J connectivity index is 1.84. The zero-order valence-electron chi connectivity index (χ0n) is 15.6. The van der Waals surface area contributed by atoms with Crippen molar-refractivity contribution in [2.75, 3.05) is 7.11 Å². The van der Waals surface area contributed by atoms with Crippen molar-refractivity contribution in [2.24, 2.45) is 0 Å². The highest BCUT2D eigenvalue weighted by atomic mass is 32.2. The third kappa shape index (κ3) is 4.20. The Hall–Kier alpha value is -2.64. The van der Waals surface area contributed by atoms with E-state index in [0.29, 0.717) is 18.0 Å². The molecule has 0 aliphatic rings. The Morgan fingerprint density at radius 2 is 1.93 bits per heavy atom. The number of aryl methyl sites for hydroxylation is 1. The van der Waals surface area contributed by atoms with Gasteiger partial charge in [-0.05, 0) is 42.7 Å². The number of benzene rings is 2. The van der Waals surface area contributed by atoms with Gasteiger partial charge in [-0.2, -0.15) is 0 Å². The van der Waals surface area contributed by atoms with E-state index in [1.807, 2.05) is 44.2 Å². The van der Waals surface area contributed by atoms with E-state index in [4.69, 9.17) is 4.74 Å². The number of nitrogens with one attached hydrogen (secondary N) is 2. The summed E-state index contributed by atoms with van der Waals surface area (Å²) in [5, 5.41) is 0. The van der Waals surface area contributed by atoms with Crippen molar-refractivity contribution in [3.63, 3.8) is 0 Å². The van der Waals surface area contributed by atoms with E-state index in [2.05, 4.69) is 14.7 Å². The first-order valence-electron chi connectivity index (χ1n) is 8.72. The number of H-pyrrole nitrogens is 1. The van der Waals surface area contributed by atoms with Crippen LogP contribution in [0.25, 0.3) is 11.3 Å². The lowest BCUT2D eigenvalue weighted by atomic mass is 10.2. The van der Waals surface area contributed by atoms with E-state index < -0.39 is 16.1 Å². The van der Waals surface area contributed by atoms with Crippen LogP contribution in [0.5, 0.6) is 5.75 Å². The lowest BCUT2D eigenvalue weighted by Crippen LogP contribution is -2.29. The van der Waals surface area contributed by atoms with Crippen molar-refractivity contribution in [1.29, 1.82) is 0 Å². The van der Waals surface area contributed by atoms with Gasteiger partial charge in [0.15, 0.2) is 0 Å². The summed E-state index contributed by atoms with van der Waals surface area (Å²) in [6.07, 6.45) is 2.29. The van der Waals surface area contributed by atoms with Crippen molar-refractivity contribution >= 4 is 10.0 Å². The van der Waals surface area contributed by atoms with Crippen LogP contribution in [-0.4, -0.2) is 25.5 Å². The molecule has 0 amide bonds. The van der Waals surface area contributed by atoms with Gasteiger partial charge in [-0.15, -0.1) is 0 Å². The highest BCUT2D eigenvalue weighted by Gasteiger charge is 2.23. The number of aromatic nitrogens is 2. The molecule has 142 valence electrons. The van der Waals surface area contributed by atoms with Crippen LogP contribution in [-0.2, 0) is 10.0 Å². The highest BCUT2D eigenvalue weighted by molar-refractivity contribution is 7.89. The molecular formula is C20H23N3O3S. The quantitative estimate of drug-likeness (QED) is 0.647. The number of nitrogens with zero attached hydrogens (tertiary/aromatic N) is 1. The number of hydrogen-bond donors (Lipinski definition) is 2. The summed E-state index contributed by atoms with van der Waals surface area (Å²) in [5.74, 6) is 1.24. The molecule has 0 spiro atoms. The molecule has 0 bridgehead atoms. The van der Waals surface area contributed by atoms with Crippen molar-refractivity contribution in [1.82, 2.24) is 14.7 Å². The fourth-order valence-corrected chi connectivity index (χ4v) is 4.25. The molecule has 0 aliphatic heterocycles. The standard InChI is InChI=1S/C20H23N3O3S/c1-4-17(20-21-13-18(22-20)15-8-6-5-7-9-15)23-27(24,25)16-10-11-19(26-3)14(2)12-16/h5-13,17,23H,4H2,1-3H3,(H,21,22). The molecule has 0 aliphatic carbocycles. The van der Waals surface area contributed by atoms with Crippen LogP contribution in [0.2, 0.25) is 0 Å². The van der Waals surface area contributed by atoms with E-state index >= 15 is 0 Å². The van der Waals surface area contributed by atoms with E-state index in [1.54, 1.807) is 31.5 Å². The van der Waals surface area contributed by atoms with Gasteiger partial charge < -0.3 is 9.72 Å². The summed E-state index contributed by atoms with van der Waals surface area (Å²) >= 11 is 0. The number of hydrogen-bond acceptors (Lipinski definition) is 4. The maximum atomic E-state index is 12.8. The second-order valence-electron chi connectivity index (χ2n) is 6.26. The van der Waals surface area contributed by atoms with Crippen LogP contribution in [0, 0.1) is 6.92 Å². The average Bonchev–Trinajstić information content (AvgIpc) is 3.17. The molecule has 2 aromatic carbocycles. The first-order chi connectivity index (χ1) is 12.9. The second kappa shape index (κ2) is 7.94. The Kier molecular flexibility index (Phi) is 5.62.